The van der Waals surface area contributed by atoms with Crippen LogP contribution in [-0.4, -0.2) is 67.7 Å². The maximum atomic E-state index is 14.8. The van der Waals surface area contributed by atoms with Crippen LogP contribution in [-0.2, 0) is 27.7 Å². The second kappa shape index (κ2) is 12.0. The van der Waals surface area contributed by atoms with Gasteiger partial charge >= 0.3 is 11.9 Å². The third-order valence-corrected chi connectivity index (χ3v) is 30.7. The highest BCUT2D eigenvalue weighted by atomic mass is 28.4. The van der Waals surface area contributed by atoms with E-state index in [0.29, 0.717) is 0 Å². The summed E-state index contributed by atoms with van der Waals surface area (Å²) in [6.45, 7) is 45.7. The molecule has 0 aromatic rings. The first kappa shape index (κ1) is 41.3. The maximum absolute atomic E-state index is 14.8. The lowest BCUT2D eigenvalue weighted by atomic mass is 9.72. The summed E-state index contributed by atoms with van der Waals surface area (Å²) in [5.41, 5.74) is -1.73. The van der Waals surface area contributed by atoms with Crippen molar-refractivity contribution >= 4 is 51.0 Å². The van der Waals surface area contributed by atoms with Crippen molar-refractivity contribution in [2.24, 2.45) is 11.3 Å². The van der Waals surface area contributed by atoms with E-state index >= 15 is 0 Å². The number of carbonyl (C=O) groups excluding carboxylic acids is 3. The van der Waals surface area contributed by atoms with Crippen molar-refractivity contribution in [2.75, 3.05) is 0 Å². The van der Waals surface area contributed by atoms with Gasteiger partial charge in [-0.2, -0.15) is 0 Å². The largest absolute Gasteiger partial charge is 0.518 e. The smallest absolute Gasteiger partial charge is 0.312 e. The third kappa shape index (κ3) is 7.52. The van der Waals surface area contributed by atoms with Gasteiger partial charge in [-0.1, -0.05) is 96.2 Å². The molecule has 11 heteroatoms. The molecule has 0 aromatic heterocycles. The van der Waals surface area contributed by atoms with Crippen molar-refractivity contribution < 1.29 is 27.7 Å². The number of carbonyl (C=O) groups is 3. The minimum absolute atomic E-state index is 0.0423. The monoisotopic (exact) mass is 688 g/mol. The molecule has 1 heterocycles. The summed E-state index contributed by atoms with van der Waals surface area (Å²) in [4.78, 5) is 43.9. The quantitative estimate of drug-likeness (QED) is 0.104. The molecule has 1 rings (SSSR count). The maximum Gasteiger partial charge on any atom is 0.312 e. The summed E-state index contributed by atoms with van der Waals surface area (Å²) >= 11 is 0. The molecule has 0 saturated carbocycles. The topological polar surface area (TPSA) is 82.1 Å². The summed E-state index contributed by atoms with van der Waals surface area (Å²) in [5.74, 6) is -1.89. The van der Waals surface area contributed by atoms with Crippen LogP contribution in [0.5, 0.6) is 0 Å². The number of hydrogen-bond donors (Lipinski definition) is 0. The molecule has 1 aliphatic rings. The minimum Gasteiger partial charge on any atom is -0.518 e. The number of β-lactam (4-membered cyclic amide) rings is 1. The van der Waals surface area contributed by atoms with Gasteiger partial charge in [0.2, 0.25) is 5.91 Å². The Morgan fingerprint density at radius 3 is 1.20 bits per heavy atom. The van der Waals surface area contributed by atoms with E-state index in [9.17, 15) is 14.4 Å². The molecule has 0 spiro atoms. The molecule has 0 aliphatic carbocycles. The van der Waals surface area contributed by atoms with Crippen LogP contribution in [0.3, 0.4) is 0 Å². The molecule has 0 N–H and O–H groups in total. The first-order chi connectivity index (χ1) is 18.9. The van der Waals surface area contributed by atoms with Crippen LogP contribution < -0.4 is 0 Å². The van der Waals surface area contributed by atoms with Gasteiger partial charge in [-0.15, -0.1) is 0 Å². The zero-order valence-corrected chi connectivity index (χ0v) is 36.6. The van der Waals surface area contributed by atoms with Crippen molar-refractivity contribution in [3.8, 4) is 0 Å². The van der Waals surface area contributed by atoms with Gasteiger partial charge in [0.15, 0.2) is 22.0 Å². The first-order valence-electron chi connectivity index (χ1n) is 16.4. The highest BCUT2D eigenvalue weighted by Gasteiger charge is 2.70. The van der Waals surface area contributed by atoms with Crippen LogP contribution in [0, 0.1) is 11.3 Å². The zero-order chi connectivity index (χ0) is 35.7. The van der Waals surface area contributed by atoms with Gasteiger partial charge in [-0.25, -0.2) is 0 Å². The number of nitrogens with zero attached hydrogens (tertiary/aromatic N) is 1. The van der Waals surface area contributed by atoms with E-state index in [-0.39, 0.29) is 26.1 Å². The molecule has 1 amide bonds. The fourth-order valence-corrected chi connectivity index (χ4v) is 10.5. The lowest BCUT2D eigenvalue weighted by Crippen LogP contribution is -2.80. The highest BCUT2D eigenvalue weighted by Crippen LogP contribution is 2.53. The molecule has 44 heavy (non-hydrogen) atoms. The van der Waals surface area contributed by atoms with Gasteiger partial charge in [0.25, 0.3) is 16.6 Å². The van der Waals surface area contributed by atoms with Gasteiger partial charge in [0.1, 0.15) is 0 Å². The summed E-state index contributed by atoms with van der Waals surface area (Å²) < 4.78 is 21.7. The first-order valence-corrected chi connectivity index (χ1v) is 28.1. The predicted octanol–water partition coefficient (Wildman–Crippen LogP) is 9.33. The lowest BCUT2D eigenvalue weighted by molar-refractivity contribution is -0.181. The zero-order valence-electron chi connectivity index (χ0n) is 32.6. The van der Waals surface area contributed by atoms with E-state index in [1.54, 1.807) is 6.92 Å². The molecule has 1 fully saturated rings. The fraction of sp³-hybridized carbons (Fsp3) is 0.909. The average Bonchev–Trinajstić information content (AvgIpc) is 2.72. The van der Waals surface area contributed by atoms with E-state index in [1.807, 2.05) is 37.7 Å². The van der Waals surface area contributed by atoms with Crippen molar-refractivity contribution in [1.29, 1.82) is 0 Å². The van der Waals surface area contributed by atoms with E-state index < -0.39 is 68.6 Å². The predicted molar refractivity (Wildman–Crippen MR) is 194 cm³/mol. The Labute approximate surface area is 275 Å². The molecule has 0 radical (unpaired) electrons. The van der Waals surface area contributed by atoms with Crippen molar-refractivity contribution in [2.45, 2.75) is 182 Å². The van der Waals surface area contributed by atoms with Gasteiger partial charge in [0, 0.05) is 0 Å². The Kier molecular flexibility index (Phi) is 11.3. The van der Waals surface area contributed by atoms with Crippen LogP contribution in [0.4, 0.5) is 0 Å². The van der Waals surface area contributed by atoms with Crippen molar-refractivity contribution in [1.82, 2.24) is 4.57 Å². The summed E-state index contributed by atoms with van der Waals surface area (Å²) in [7, 11) is -10.2. The lowest BCUT2D eigenvalue weighted by Gasteiger charge is -2.63. The van der Waals surface area contributed by atoms with Gasteiger partial charge in [0.05, 0.1) is 18.1 Å². The minimum atomic E-state index is -2.65. The summed E-state index contributed by atoms with van der Waals surface area (Å²) in [6.07, 6.45) is -0.491. The van der Waals surface area contributed by atoms with Gasteiger partial charge in [-0.05, 0) is 73.3 Å². The molecule has 7 nitrogen and oxygen atoms in total. The van der Waals surface area contributed by atoms with Crippen molar-refractivity contribution in [3.63, 3.8) is 0 Å². The molecule has 0 aromatic carbocycles. The number of hydrogen-bond acceptors (Lipinski definition) is 6. The molecule has 258 valence electrons. The molecule has 0 bridgehead atoms. The molecule has 2 unspecified atom stereocenters. The van der Waals surface area contributed by atoms with Gasteiger partial charge < -0.3 is 17.8 Å². The summed E-state index contributed by atoms with van der Waals surface area (Å²) in [5, 5.41) is -0.823. The second-order valence-corrected chi connectivity index (χ2v) is 38.9. The SMILES string of the molecule is C[C@@H](O[Si](C)(C)C(C)(C)C)[C@H]1C(=O)N([Si](C)(C)C(C)(C)C)C1C(C)(C(=O)O[Si](C)(C)C(C)(C)C)[13C](=O)O[Si](C)(C)C(C)(C)C. The number of rotatable bonds is 9. The Balaban J connectivity index is 4.07. The Hall–Kier alpha value is -0.762. The van der Waals surface area contributed by atoms with Crippen LogP contribution >= 0.6 is 0 Å². The van der Waals surface area contributed by atoms with Crippen LogP contribution in [0.25, 0.3) is 0 Å². The molecular weight excluding hydrogens is 620 g/mol. The van der Waals surface area contributed by atoms with Crippen LogP contribution in [0.1, 0.15) is 96.9 Å². The molecule has 1 aliphatic heterocycles. The van der Waals surface area contributed by atoms with Gasteiger partial charge in [-0.3, -0.25) is 14.4 Å². The second-order valence-electron chi connectivity index (χ2n) is 19.6. The average molecular weight is 689 g/mol. The van der Waals surface area contributed by atoms with Crippen LogP contribution in [0.15, 0.2) is 0 Å². The molecule has 4 atom stereocenters. The number of amides is 1. The Morgan fingerprint density at radius 1 is 0.614 bits per heavy atom. The normalized spacial score (nSPS) is 21.8. The van der Waals surface area contributed by atoms with E-state index in [4.69, 9.17) is 13.3 Å². The van der Waals surface area contributed by atoms with Crippen LogP contribution in [0.2, 0.25) is 72.5 Å². The Bertz CT molecular complexity index is 1060. The van der Waals surface area contributed by atoms with E-state index in [0.717, 1.165) is 0 Å². The highest BCUT2D eigenvalue weighted by molar-refractivity contribution is 6.80. The molecular formula is C33H69NO6Si4. The van der Waals surface area contributed by atoms with E-state index in [1.165, 1.54) is 0 Å². The van der Waals surface area contributed by atoms with E-state index in [2.05, 4.69) is 109 Å². The fourth-order valence-electron chi connectivity index (χ4n) is 4.59. The van der Waals surface area contributed by atoms with Crippen molar-refractivity contribution in [3.05, 3.63) is 0 Å². The molecule has 1 saturated heterocycles. The third-order valence-electron chi connectivity index (χ3n) is 12.1. The Morgan fingerprint density at radius 2 is 0.932 bits per heavy atom. The standard InChI is InChI=1S/C33H69NO6Si4/c1-23(38-42(17,18)30(5,6)7)24-25(34(26(24)35)41(15,16)29(2,3)4)33(14,27(36)39-43(19,20)31(8,9)10)28(37)40-44(21,22)32(11,12)13/h23-25H,1-22H3/t23-,24-,25?/m1/s1/i27+1/t23-,24-,25?,33?. The summed E-state index contributed by atoms with van der Waals surface area (Å²) in [6, 6.07) is -0.745.